The number of nitrogens with zero attached hydrogens (tertiary/aromatic N) is 2. The van der Waals surface area contributed by atoms with Gasteiger partial charge >= 0.3 is 0 Å². The van der Waals surface area contributed by atoms with Crippen molar-refractivity contribution in [2.75, 3.05) is 0 Å². The number of allylic oxidation sites excluding steroid dienone is 2. The quantitative estimate of drug-likeness (QED) is 0.602. The van der Waals surface area contributed by atoms with Gasteiger partial charge in [-0.2, -0.15) is 10.5 Å². The van der Waals surface area contributed by atoms with E-state index >= 15 is 0 Å². The Labute approximate surface area is 84.5 Å². The third-order valence-corrected chi connectivity index (χ3v) is 3.06. The fourth-order valence-corrected chi connectivity index (χ4v) is 2.34. The van der Waals surface area contributed by atoms with Gasteiger partial charge in [-0.1, -0.05) is 0 Å². The van der Waals surface area contributed by atoms with E-state index in [4.69, 9.17) is 10.5 Å². The Bertz CT molecular complexity index is 509. The van der Waals surface area contributed by atoms with Crippen LogP contribution in [0.1, 0.15) is 21.7 Å². The number of ketones is 1. The van der Waals surface area contributed by atoms with Crippen molar-refractivity contribution in [3.8, 4) is 12.1 Å². The molecule has 4 heteroatoms. The summed E-state index contributed by atoms with van der Waals surface area (Å²) in [5.74, 6) is 0.00741. The molecule has 1 aliphatic carbocycles. The zero-order valence-electron chi connectivity index (χ0n) is 7.07. The first-order chi connectivity index (χ1) is 6.77. The molecule has 1 heterocycles. The molecule has 0 saturated carbocycles. The number of carbonyl (C=O) groups is 1. The van der Waals surface area contributed by atoms with Gasteiger partial charge in [-0.25, -0.2) is 0 Å². The first-order valence-electron chi connectivity index (χ1n) is 3.92. The standard InChI is InChI=1S/C10H4N2OS/c11-4-6(5-12)8-3-9(13)10-7(8)1-2-14-10/h1-2H,3H2. The second kappa shape index (κ2) is 3.10. The van der Waals surface area contributed by atoms with Gasteiger partial charge in [-0.05, 0) is 17.0 Å². The number of rotatable bonds is 0. The molecular formula is C10H4N2OS. The summed E-state index contributed by atoms with van der Waals surface area (Å²) in [6, 6.07) is 5.42. The molecule has 0 bridgehead atoms. The van der Waals surface area contributed by atoms with Crippen LogP contribution >= 0.6 is 11.3 Å². The van der Waals surface area contributed by atoms with Gasteiger partial charge in [0.05, 0.1) is 4.88 Å². The number of Topliss-reactive ketones (excluding diaryl/α,β-unsaturated/α-hetero) is 1. The minimum atomic E-state index is 0.00741. The molecule has 1 aromatic rings. The van der Waals surface area contributed by atoms with Crippen LogP contribution in [0.5, 0.6) is 0 Å². The molecule has 0 aliphatic heterocycles. The van der Waals surface area contributed by atoms with Crippen LogP contribution in [0.4, 0.5) is 0 Å². The van der Waals surface area contributed by atoms with E-state index < -0.39 is 0 Å². The van der Waals surface area contributed by atoms with Crippen molar-refractivity contribution in [3.05, 3.63) is 27.5 Å². The minimum Gasteiger partial charge on any atom is -0.293 e. The third-order valence-electron chi connectivity index (χ3n) is 2.11. The molecule has 0 spiro atoms. The van der Waals surface area contributed by atoms with Crippen LogP contribution in [0.3, 0.4) is 0 Å². The topological polar surface area (TPSA) is 64.7 Å². The number of hydrogen-bond donors (Lipinski definition) is 0. The van der Waals surface area contributed by atoms with Crippen molar-refractivity contribution < 1.29 is 4.79 Å². The number of hydrogen-bond acceptors (Lipinski definition) is 4. The summed E-state index contributed by atoms with van der Waals surface area (Å²) in [6.45, 7) is 0. The Morgan fingerprint density at radius 3 is 2.79 bits per heavy atom. The highest BCUT2D eigenvalue weighted by Crippen LogP contribution is 2.37. The van der Waals surface area contributed by atoms with Gasteiger partial charge in [0.15, 0.2) is 5.78 Å². The molecule has 0 fully saturated rings. The predicted octanol–water partition coefficient (Wildman–Crippen LogP) is 2.14. The van der Waals surface area contributed by atoms with Crippen molar-refractivity contribution >= 4 is 22.7 Å². The van der Waals surface area contributed by atoms with Crippen LogP contribution in [0.25, 0.3) is 5.57 Å². The molecule has 1 aromatic heterocycles. The normalized spacial score (nSPS) is 13.3. The van der Waals surface area contributed by atoms with Gasteiger partial charge in [-0.15, -0.1) is 11.3 Å². The Hall–Kier alpha value is -1.91. The van der Waals surface area contributed by atoms with Crippen molar-refractivity contribution in [2.24, 2.45) is 0 Å². The molecule has 0 atom stereocenters. The molecule has 0 radical (unpaired) electrons. The second-order valence-corrected chi connectivity index (χ2v) is 3.76. The minimum absolute atomic E-state index is 0.00741. The van der Waals surface area contributed by atoms with E-state index in [9.17, 15) is 4.79 Å². The van der Waals surface area contributed by atoms with Gasteiger partial charge in [0, 0.05) is 12.0 Å². The molecule has 3 nitrogen and oxygen atoms in total. The number of nitriles is 2. The summed E-state index contributed by atoms with van der Waals surface area (Å²) in [5, 5.41) is 19.2. The van der Waals surface area contributed by atoms with Crippen LogP contribution in [-0.2, 0) is 0 Å². The summed E-state index contributed by atoms with van der Waals surface area (Å²) in [7, 11) is 0. The van der Waals surface area contributed by atoms with Crippen molar-refractivity contribution in [1.29, 1.82) is 10.5 Å². The molecule has 14 heavy (non-hydrogen) atoms. The van der Waals surface area contributed by atoms with E-state index in [-0.39, 0.29) is 17.8 Å². The second-order valence-electron chi connectivity index (χ2n) is 2.84. The number of fused-ring (bicyclic) bond motifs is 1. The van der Waals surface area contributed by atoms with E-state index in [2.05, 4.69) is 0 Å². The SMILES string of the molecule is N#CC(C#N)=C1CC(=O)c2sccc21. The maximum atomic E-state index is 11.4. The molecule has 66 valence electrons. The van der Waals surface area contributed by atoms with Crippen molar-refractivity contribution in [3.63, 3.8) is 0 Å². The van der Waals surface area contributed by atoms with Gasteiger partial charge in [-0.3, -0.25) is 4.79 Å². The predicted molar refractivity (Wildman–Crippen MR) is 51.4 cm³/mol. The van der Waals surface area contributed by atoms with E-state index in [1.54, 1.807) is 11.4 Å². The Balaban J connectivity index is 2.68. The lowest BCUT2D eigenvalue weighted by Gasteiger charge is -1.92. The molecule has 0 amide bonds. The summed E-state index contributed by atoms with van der Waals surface area (Å²) >= 11 is 1.36. The molecular weight excluding hydrogens is 196 g/mol. The van der Waals surface area contributed by atoms with Crippen LogP contribution in [0, 0.1) is 22.7 Å². The summed E-state index contributed by atoms with van der Waals surface area (Å²) < 4.78 is 0. The Morgan fingerprint density at radius 2 is 2.14 bits per heavy atom. The average Bonchev–Trinajstić information content (AvgIpc) is 2.74. The Kier molecular flexibility index (Phi) is 1.92. The van der Waals surface area contributed by atoms with Gasteiger partial charge in [0.1, 0.15) is 17.7 Å². The van der Waals surface area contributed by atoms with Crippen LogP contribution in [0.15, 0.2) is 17.0 Å². The van der Waals surface area contributed by atoms with E-state index in [0.717, 1.165) is 5.56 Å². The average molecular weight is 200 g/mol. The highest BCUT2D eigenvalue weighted by molar-refractivity contribution is 7.12. The first-order valence-corrected chi connectivity index (χ1v) is 4.80. The Morgan fingerprint density at radius 1 is 1.43 bits per heavy atom. The van der Waals surface area contributed by atoms with Crippen LogP contribution in [-0.4, -0.2) is 5.78 Å². The summed E-state index contributed by atoms with van der Waals surface area (Å²) in [6.07, 6.45) is 0.193. The molecule has 0 N–H and O–H groups in total. The lowest BCUT2D eigenvalue weighted by Crippen LogP contribution is -1.86. The van der Waals surface area contributed by atoms with E-state index in [1.807, 2.05) is 12.1 Å². The van der Waals surface area contributed by atoms with Crippen molar-refractivity contribution in [2.45, 2.75) is 6.42 Å². The number of carbonyl (C=O) groups excluding carboxylic acids is 1. The highest BCUT2D eigenvalue weighted by atomic mass is 32.1. The van der Waals surface area contributed by atoms with Gasteiger partial charge < -0.3 is 0 Å². The first kappa shape index (κ1) is 8.68. The largest absolute Gasteiger partial charge is 0.293 e. The lowest BCUT2D eigenvalue weighted by atomic mass is 10.1. The molecule has 0 saturated heterocycles. The zero-order chi connectivity index (χ0) is 10.1. The maximum Gasteiger partial charge on any atom is 0.177 e. The van der Waals surface area contributed by atoms with E-state index in [0.29, 0.717) is 10.5 Å². The summed E-state index contributed by atoms with van der Waals surface area (Å²) in [5.41, 5.74) is 1.39. The molecule has 0 aromatic carbocycles. The van der Waals surface area contributed by atoms with Crippen molar-refractivity contribution in [1.82, 2.24) is 0 Å². The molecule has 0 unspecified atom stereocenters. The highest BCUT2D eigenvalue weighted by Gasteiger charge is 2.27. The number of thiophene rings is 1. The van der Waals surface area contributed by atoms with Crippen LogP contribution in [0.2, 0.25) is 0 Å². The molecule has 2 rings (SSSR count). The van der Waals surface area contributed by atoms with Gasteiger partial charge in [0.2, 0.25) is 0 Å². The zero-order valence-corrected chi connectivity index (χ0v) is 7.89. The fourth-order valence-electron chi connectivity index (χ4n) is 1.48. The smallest absolute Gasteiger partial charge is 0.177 e. The maximum absolute atomic E-state index is 11.4. The monoisotopic (exact) mass is 200 g/mol. The lowest BCUT2D eigenvalue weighted by molar-refractivity contribution is 0.101. The van der Waals surface area contributed by atoms with Crippen LogP contribution < -0.4 is 0 Å². The summed E-state index contributed by atoms with van der Waals surface area (Å²) in [4.78, 5) is 12.1. The molecule has 1 aliphatic rings. The third kappa shape index (κ3) is 1.06. The van der Waals surface area contributed by atoms with E-state index in [1.165, 1.54) is 11.3 Å². The fraction of sp³-hybridized carbons (Fsp3) is 0.100. The van der Waals surface area contributed by atoms with Gasteiger partial charge in [0.25, 0.3) is 0 Å².